The molecule has 9 heterocycles. The van der Waals surface area contributed by atoms with Crippen LogP contribution in [-0.2, 0) is 0 Å². The van der Waals surface area contributed by atoms with E-state index in [4.69, 9.17) is 30.0 Å². The van der Waals surface area contributed by atoms with Crippen molar-refractivity contribution in [1.82, 2.24) is 29.9 Å². The molecule has 0 spiro atoms. The Hall–Kier alpha value is -6.30. The van der Waals surface area contributed by atoms with Crippen LogP contribution in [0.3, 0.4) is 0 Å². The Morgan fingerprint density at radius 2 is 0.438 bits per heavy atom. The number of hydrogen-bond donors (Lipinski definition) is 6. The highest BCUT2D eigenvalue weighted by molar-refractivity contribution is 5.27. The predicted octanol–water partition coefficient (Wildman–Crippen LogP) is 2.86. The molecule has 0 saturated heterocycles. The van der Waals surface area contributed by atoms with Gasteiger partial charge in [0.05, 0.1) is 0 Å². The number of nitrogens with one attached hydrogen (secondary N) is 6. The lowest BCUT2D eigenvalue weighted by Gasteiger charge is -2.27. The zero-order valence-electron chi connectivity index (χ0n) is 25.5. The van der Waals surface area contributed by atoms with Gasteiger partial charge < -0.3 is 29.9 Å². The quantitative estimate of drug-likeness (QED) is 0.159. The standard InChI is InChI=1S/C36H30N12/c1-7-19(37-13-1)25-26(20-8-2-14-38-20)44-32-31(43-25)33-35(47-28(22-10-4-16-40-22)27(45-33)21-9-3-15-39-21)36-34(32)46-29(23-11-5-17-41-23)30(48-36)24-12-6-18-42-24/h1-18,25-30,37-42H. The Morgan fingerprint density at radius 1 is 0.271 bits per heavy atom. The van der Waals surface area contributed by atoms with Gasteiger partial charge in [-0.25, -0.2) is 0 Å². The van der Waals surface area contributed by atoms with Crippen LogP contribution in [-0.4, -0.2) is 29.9 Å². The van der Waals surface area contributed by atoms with Crippen molar-refractivity contribution < 1.29 is 0 Å². The smallest absolute Gasteiger partial charge is 0.118 e. The van der Waals surface area contributed by atoms with Gasteiger partial charge in [0.15, 0.2) is 0 Å². The first kappa shape index (κ1) is 26.9. The number of aromatic nitrogens is 6. The zero-order chi connectivity index (χ0) is 31.6. The molecule has 6 unspecified atom stereocenters. The fourth-order valence-electron chi connectivity index (χ4n) is 7.27. The SMILES string of the molecule is c1c[nH]c(C2N=c3c4c(c5c(c3=NC2c2ccc[nH]2)=NC(c2ccc[nH]2)C(c2ccc[nH]2)N=5)=NC(c2ccc[nH]2)C(c2ccc[nH]2)N=4)c1. The molecule has 10 rings (SSSR count). The number of hydrogen-bond acceptors (Lipinski definition) is 6. The summed E-state index contributed by atoms with van der Waals surface area (Å²) in [5, 5.41) is 4.08. The first-order chi connectivity index (χ1) is 23.8. The zero-order valence-corrected chi connectivity index (χ0v) is 25.5. The minimum absolute atomic E-state index is 0.319. The summed E-state index contributed by atoms with van der Waals surface area (Å²) in [5.74, 6) is 0. The highest BCUT2D eigenvalue weighted by atomic mass is 15.1. The van der Waals surface area contributed by atoms with Crippen molar-refractivity contribution in [3.8, 4) is 0 Å². The summed E-state index contributed by atoms with van der Waals surface area (Å²) in [6.07, 6.45) is 11.5. The fourth-order valence-corrected chi connectivity index (χ4v) is 7.27. The third-order valence-electron chi connectivity index (χ3n) is 9.50. The fraction of sp³-hybridized carbons (Fsp3) is 0.167. The van der Waals surface area contributed by atoms with Crippen molar-refractivity contribution in [2.24, 2.45) is 30.0 Å². The van der Waals surface area contributed by atoms with Gasteiger partial charge in [-0.05, 0) is 72.8 Å². The molecule has 0 amide bonds. The van der Waals surface area contributed by atoms with Crippen molar-refractivity contribution in [3.63, 3.8) is 0 Å². The molecule has 7 aromatic rings. The maximum atomic E-state index is 5.47. The van der Waals surface area contributed by atoms with E-state index >= 15 is 0 Å². The second-order valence-corrected chi connectivity index (χ2v) is 12.3. The third-order valence-corrected chi connectivity index (χ3v) is 9.50. The molecule has 48 heavy (non-hydrogen) atoms. The maximum Gasteiger partial charge on any atom is 0.118 e. The molecule has 12 nitrogen and oxygen atoms in total. The topological polar surface area (TPSA) is 169 Å². The maximum absolute atomic E-state index is 5.47. The van der Waals surface area contributed by atoms with Crippen molar-refractivity contribution in [3.05, 3.63) is 176 Å². The molecule has 0 radical (unpaired) electrons. The van der Waals surface area contributed by atoms with Gasteiger partial charge in [0.2, 0.25) is 0 Å². The van der Waals surface area contributed by atoms with Gasteiger partial charge in [-0.1, -0.05) is 0 Å². The normalized spacial score (nSPS) is 24.0. The summed E-state index contributed by atoms with van der Waals surface area (Å²) in [5.41, 5.74) is 5.78. The molecular formula is C36H30N12. The second-order valence-electron chi connectivity index (χ2n) is 12.3. The molecule has 1 aromatic carbocycles. The van der Waals surface area contributed by atoms with Gasteiger partial charge in [-0.15, -0.1) is 0 Å². The van der Waals surface area contributed by atoms with Crippen LogP contribution in [0.2, 0.25) is 0 Å². The minimum atomic E-state index is -0.319. The number of fused-ring (bicyclic) bond motifs is 6. The molecule has 3 aliphatic heterocycles. The van der Waals surface area contributed by atoms with E-state index in [0.29, 0.717) is 32.1 Å². The molecule has 234 valence electrons. The summed E-state index contributed by atoms with van der Waals surface area (Å²) in [4.78, 5) is 53.2. The third kappa shape index (κ3) is 4.15. The van der Waals surface area contributed by atoms with E-state index in [0.717, 1.165) is 34.2 Å². The summed E-state index contributed by atoms with van der Waals surface area (Å²) in [6, 6.07) is 22.4. The van der Waals surface area contributed by atoms with Crippen LogP contribution in [0.25, 0.3) is 0 Å². The van der Waals surface area contributed by atoms with Crippen molar-refractivity contribution in [2.75, 3.05) is 0 Å². The number of H-pyrrole nitrogens is 6. The van der Waals surface area contributed by atoms with Crippen molar-refractivity contribution >= 4 is 0 Å². The van der Waals surface area contributed by atoms with Crippen molar-refractivity contribution in [2.45, 2.75) is 36.3 Å². The average molecular weight is 631 g/mol. The van der Waals surface area contributed by atoms with Gasteiger partial charge in [-0.3, -0.25) is 30.0 Å². The van der Waals surface area contributed by atoms with Crippen LogP contribution < -0.4 is 32.1 Å². The van der Waals surface area contributed by atoms with E-state index in [-0.39, 0.29) is 36.3 Å². The molecule has 6 aromatic heterocycles. The summed E-state index contributed by atoms with van der Waals surface area (Å²) < 4.78 is 0. The number of benzene rings is 1. The van der Waals surface area contributed by atoms with E-state index in [2.05, 4.69) is 66.3 Å². The van der Waals surface area contributed by atoms with Gasteiger partial charge in [0, 0.05) is 71.3 Å². The Bertz CT molecular complexity index is 2070. The Balaban J connectivity index is 1.36. The van der Waals surface area contributed by atoms with Crippen LogP contribution in [0.5, 0.6) is 0 Å². The molecule has 0 bridgehead atoms. The first-order valence-electron chi connectivity index (χ1n) is 16.1. The molecule has 0 aliphatic carbocycles. The van der Waals surface area contributed by atoms with E-state index in [1.165, 1.54) is 0 Å². The molecule has 0 fully saturated rings. The van der Waals surface area contributed by atoms with E-state index in [1.54, 1.807) is 0 Å². The molecule has 0 saturated carbocycles. The minimum Gasteiger partial charge on any atom is -0.363 e. The lowest BCUT2D eigenvalue weighted by atomic mass is 9.98. The highest BCUT2D eigenvalue weighted by Gasteiger charge is 2.35. The Kier molecular flexibility index (Phi) is 5.95. The number of nitrogens with zero attached hydrogens (tertiary/aromatic N) is 6. The van der Waals surface area contributed by atoms with Gasteiger partial charge in [0.1, 0.15) is 68.4 Å². The molecular weight excluding hydrogens is 600 g/mol. The monoisotopic (exact) mass is 630 g/mol. The van der Waals surface area contributed by atoms with Crippen LogP contribution in [0.1, 0.15) is 70.4 Å². The lowest BCUT2D eigenvalue weighted by Crippen LogP contribution is -2.68. The summed E-state index contributed by atoms with van der Waals surface area (Å²) >= 11 is 0. The first-order valence-corrected chi connectivity index (χ1v) is 16.1. The van der Waals surface area contributed by atoms with E-state index in [9.17, 15) is 0 Å². The predicted molar refractivity (Wildman–Crippen MR) is 175 cm³/mol. The van der Waals surface area contributed by atoms with Gasteiger partial charge >= 0.3 is 0 Å². The second kappa shape index (κ2) is 10.6. The largest absolute Gasteiger partial charge is 0.363 e. The summed E-state index contributed by atoms with van der Waals surface area (Å²) in [7, 11) is 0. The Labute approximate surface area is 272 Å². The number of aromatic amines is 6. The number of rotatable bonds is 6. The molecule has 12 heteroatoms. The lowest BCUT2D eigenvalue weighted by molar-refractivity contribution is 0.476. The van der Waals surface area contributed by atoms with Crippen LogP contribution >= 0.6 is 0 Å². The Morgan fingerprint density at radius 3 is 0.562 bits per heavy atom. The van der Waals surface area contributed by atoms with E-state index in [1.807, 2.05) is 73.6 Å². The van der Waals surface area contributed by atoms with Gasteiger partial charge in [-0.2, -0.15) is 0 Å². The van der Waals surface area contributed by atoms with Gasteiger partial charge in [0.25, 0.3) is 0 Å². The highest BCUT2D eigenvalue weighted by Crippen LogP contribution is 2.37. The molecule has 3 aliphatic rings. The molecule has 6 N–H and O–H groups in total. The van der Waals surface area contributed by atoms with Crippen LogP contribution in [0.15, 0.2) is 140 Å². The van der Waals surface area contributed by atoms with Crippen LogP contribution in [0, 0.1) is 0 Å². The summed E-state index contributed by atoms with van der Waals surface area (Å²) in [6.45, 7) is 0. The van der Waals surface area contributed by atoms with Crippen LogP contribution in [0.4, 0.5) is 0 Å². The molecule has 6 atom stereocenters. The van der Waals surface area contributed by atoms with E-state index < -0.39 is 0 Å². The van der Waals surface area contributed by atoms with Crippen molar-refractivity contribution in [1.29, 1.82) is 0 Å². The average Bonchev–Trinajstić information content (AvgIpc) is 3.99.